The van der Waals surface area contributed by atoms with Crippen LogP contribution >= 0.6 is 11.8 Å². The number of aromatic nitrogens is 5. The first kappa shape index (κ1) is 18.4. The second-order valence-corrected chi connectivity index (χ2v) is 7.05. The van der Waals surface area contributed by atoms with Crippen LogP contribution in [0.4, 0.5) is 0 Å². The number of imidazole rings is 1. The zero-order valence-corrected chi connectivity index (χ0v) is 16.8. The Morgan fingerprint density at radius 1 is 1.04 bits per heavy atom. The van der Waals surface area contributed by atoms with Crippen LogP contribution in [0, 0.1) is 0 Å². The molecule has 3 aromatic heterocycles. The van der Waals surface area contributed by atoms with E-state index in [1.807, 2.05) is 53.2 Å². The van der Waals surface area contributed by atoms with E-state index in [4.69, 9.17) is 9.47 Å². The number of pyridine rings is 1. The summed E-state index contributed by atoms with van der Waals surface area (Å²) in [5.74, 6) is 2.90. The highest BCUT2D eigenvalue weighted by molar-refractivity contribution is 7.98. The van der Waals surface area contributed by atoms with E-state index < -0.39 is 0 Å². The highest BCUT2D eigenvalue weighted by atomic mass is 32.2. The number of methoxy groups -OCH3 is 2. The SMILES string of the molecule is CCn1c(SCc2cn3ccccc3n2)nnc1-c1ccc(OC)c(OC)c1. The van der Waals surface area contributed by atoms with Crippen molar-refractivity contribution in [2.45, 2.75) is 24.4 Å². The average molecular weight is 395 g/mol. The molecule has 0 atom stereocenters. The summed E-state index contributed by atoms with van der Waals surface area (Å²) in [7, 11) is 3.25. The first-order valence-corrected chi connectivity index (χ1v) is 9.93. The molecule has 0 aliphatic rings. The molecule has 0 unspecified atom stereocenters. The lowest BCUT2D eigenvalue weighted by molar-refractivity contribution is 0.355. The van der Waals surface area contributed by atoms with Crippen molar-refractivity contribution >= 4 is 17.4 Å². The van der Waals surface area contributed by atoms with Crippen LogP contribution in [0.15, 0.2) is 53.9 Å². The van der Waals surface area contributed by atoms with Gasteiger partial charge in [0.1, 0.15) is 5.65 Å². The van der Waals surface area contributed by atoms with Crippen molar-refractivity contribution in [3.05, 3.63) is 54.5 Å². The van der Waals surface area contributed by atoms with Gasteiger partial charge in [0.2, 0.25) is 0 Å². The largest absolute Gasteiger partial charge is 0.493 e. The molecule has 7 nitrogen and oxygen atoms in total. The number of thioether (sulfide) groups is 1. The summed E-state index contributed by atoms with van der Waals surface area (Å²) in [6.45, 7) is 2.85. The van der Waals surface area contributed by atoms with Gasteiger partial charge in [0.05, 0.1) is 19.9 Å². The van der Waals surface area contributed by atoms with Crippen LogP contribution < -0.4 is 9.47 Å². The second kappa shape index (κ2) is 7.93. The van der Waals surface area contributed by atoms with Crippen molar-refractivity contribution in [1.29, 1.82) is 0 Å². The molecule has 4 rings (SSSR count). The van der Waals surface area contributed by atoms with E-state index in [1.54, 1.807) is 26.0 Å². The maximum atomic E-state index is 5.41. The lowest BCUT2D eigenvalue weighted by Crippen LogP contribution is -2.00. The molecule has 144 valence electrons. The molecule has 1 aromatic carbocycles. The lowest BCUT2D eigenvalue weighted by Gasteiger charge is -2.10. The molecule has 0 aliphatic carbocycles. The van der Waals surface area contributed by atoms with Crippen molar-refractivity contribution < 1.29 is 9.47 Å². The Labute approximate surface area is 167 Å². The van der Waals surface area contributed by atoms with Gasteiger partial charge in [-0.3, -0.25) is 0 Å². The fourth-order valence-corrected chi connectivity index (χ4v) is 3.95. The van der Waals surface area contributed by atoms with Gasteiger partial charge >= 0.3 is 0 Å². The fraction of sp³-hybridized carbons (Fsp3) is 0.250. The molecular weight excluding hydrogens is 374 g/mol. The molecule has 0 saturated carbocycles. The summed E-state index contributed by atoms with van der Waals surface area (Å²) >= 11 is 1.63. The maximum Gasteiger partial charge on any atom is 0.191 e. The van der Waals surface area contributed by atoms with Crippen LogP contribution in [0.2, 0.25) is 0 Å². The Hall–Kier alpha value is -3.00. The summed E-state index contributed by atoms with van der Waals surface area (Å²) in [5, 5.41) is 9.68. The predicted octanol–water partition coefficient (Wildman–Crippen LogP) is 3.92. The highest BCUT2D eigenvalue weighted by Crippen LogP contribution is 2.33. The zero-order chi connectivity index (χ0) is 19.5. The molecule has 0 radical (unpaired) electrons. The standard InChI is InChI=1S/C20H21N5O2S/c1-4-25-19(14-8-9-16(26-2)17(11-14)27-3)22-23-20(25)28-13-15-12-24-10-6-5-7-18(24)21-15/h5-12H,4,13H2,1-3H3. The van der Waals surface area contributed by atoms with E-state index in [1.165, 1.54) is 0 Å². The molecule has 0 bridgehead atoms. The molecule has 0 amide bonds. The first-order valence-electron chi connectivity index (χ1n) is 8.94. The summed E-state index contributed by atoms with van der Waals surface area (Å²) < 4.78 is 14.9. The van der Waals surface area contributed by atoms with Crippen LogP contribution in [-0.2, 0) is 12.3 Å². The average Bonchev–Trinajstić information content (AvgIpc) is 3.34. The van der Waals surface area contributed by atoms with Crippen molar-refractivity contribution in [3.63, 3.8) is 0 Å². The number of fused-ring (bicyclic) bond motifs is 1. The summed E-state index contributed by atoms with van der Waals surface area (Å²) in [6.07, 6.45) is 4.05. The Morgan fingerprint density at radius 3 is 2.64 bits per heavy atom. The molecule has 0 fully saturated rings. The van der Waals surface area contributed by atoms with Crippen molar-refractivity contribution in [2.24, 2.45) is 0 Å². The molecule has 0 spiro atoms. The predicted molar refractivity (Wildman–Crippen MR) is 109 cm³/mol. The monoisotopic (exact) mass is 395 g/mol. The topological polar surface area (TPSA) is 66.5 Å². The van der Waals surface area contributed by atoms with Gasteiger partial charge < -0.3 is 18.4 Å². The Morgan fingerprint density at radius 2 is 1.89 bits per heavy atom. The maximum absolute atomic E-state index is 5.41. The van der Waals surface area contributed by atoms with Gasteiger partial charge in [-0.2, -0.15) is 0 Å². The van der Waals surface area contributed by atoms with Gasteiger partial charge in [0.25, 0.3) is 0 Å². The summed E-state index contributed by atoms with van der Waals surface area (Å²) in [6, 6.07) is 11.8. The van der Waals surface area contributed by atoms with Gasteiger partial charge in [0.15, 0.2) is 22.5 Å². The molecule has 0 saturated heterocycles. The van der Waals surface area contributed by atoms with Crippen LogP contribution in [-0.4, -0.2) is 38.4 Å². The van der Waals surface area contributed by atoms with E-state index in [0.717, 1.165) is 40.2 Å². The molecule has 28 heavy (non-hydrogen) atoms. The van der Waals surface area contributed by atoms with Crippen molar-refractivity contribution in [1.82, 2.24) is 24.1 Å². The van der Waals surface area contributed by atoms with E-state index in [9.17, 15) is 0 Å². The van der Waals surface area contributed by atoms with E-state index in [0.29, 0.717) is 11.5 Å². The number of hydrogen-bond donors (Lipinski definition) is 0. The van der Waals surface area contributed by atoms with Crippen LogP contribution in [0.5, 0.6) is 11.5 Å². The minimum atomic E-state index is 0.671. The fourth-order valence-electron chi connectivity index (χ4n) is 3.06. The number of nitrogens with zero attached hydrogens (tertiary/aromatic N) is 5. The summed E-state index contributed by atoms with van der Waals surface area (Å²) in [4.78, 5) is 4.64. The first-order chi connectivity index (χ1) is 13.7. The zero-order valence-electron chi connectivity index (χ0n) is 16.0. The van der Waals surface area contributed by atoms with Crippen molar-refractivity contribution in [2.75, 3.05) is 14.2 Å². The number of benzene rings is 1. The van der Waals surface area contributed by atoms with Gasteiger partial charge in [0, 0.05) is 30.3 Å². The summed E-state index contributed by atoms with van der Waals surface area (Å²) in [5.41, 5.74) is 2.89. The van der Waals surface area contributed by atoms with Crippen LogP contribution in [0.1, 0.15) is 12.6 Å². The smallest absolute Gasteiger partial charge is 0.191 e. The molecule has 4 aromatic rings. The number of hydrogen-bond acceptors (Lipinski definition) is 6. The van der Waals surface area contributed by atoms with Crippen molar-refractivity contribution in [3.8, 4) is 22.9 Å². The minimum absolute atomic E-state index is 0.671. The molecule has 0 N–H and O–H groups in total. The quantitative estimate of drug-likeness (QED) is 0.442. The molecule has 3 heterocycles. The molecular formula is C20H21N5O2S. The van der Waals surface area contributed by atoms with Gasteiger partial charge in [-0.15, -0.1) is 10.2 Å². The minimum Gasteiger partial charge on any atom is -0.493 e. The Bertz CT molecular complexity index is 1070. The van der Waals surface area contributed by atoms with Gasteiger partial charge in [-0.1, -0.05) is 17.8 Å². The Kier molecular flexibility index (Phi) is 5.21. The Balaban J connectivity index is 1.59. The van der Waals surface area contributed by atoms with Gasteiger partial charge in [-0.05, 0) is 37.3 Å². The lowest BCUT2D eigenvalue weighted by atomic mass is 10.2. The third-order valence-electron chi connectivity index (χ3n) is 4.44. The van der Waals surface area contributed by atoms with Gasteiger partial charge in [-0.25, -0.2) is 4.98 Å². The second-order valence-electron chi connectivity index (χ2n) is 6.11. The van der Waals surface area contributed by atoms with Crippen LogP contribution in [0.25, 0.3) is 17.0 Å². The number of rotatable bonds is 7. The molecule has 8 heteroatoms. The van der Waals surface area contributed by atoms with E-state index in [2.05, 4.69) is 26.7 Å². The third-order valence-corrected chi connectivity index (χ3v) is 5.44. The van der Waals surface area contributed by atoms with Crippen LogP contribution in [0.3, 0.4) is 0 Å². The van der Waals surface area contributed by atoms with E-state index in [-0.39, 0.29) is 0 Å². The molecule has 0 aliphatic heterocycles. The third kappa shape index (κ3) is 3.43. The number of ether oxygens (including phenoxy) is 2. The van der Waals surface area contributed by atoms with E-state index >= 15 is 0 Å². The normalized spacial score (nSPS) is 11.1. The highest BCUT2D eigenvalue weighted by Gasteiger charge is 2.16.